The largest absolute Gasteiger partial charge is 0.387 e. The molecule has 0 bridgehead atoms. The Hall–Kier alpha value is -4.64. The highest BCUT2D eigenvalue weighted by Crippen LogP contribution is 2.33. The van der Waals surface area contributed by atoms with Gasteiger partial charge < -0.3 is 30.9 Å². The van der Waals surface area contributed by atoms with E-state index in [1.54, 1.807) is 16.7 Å². The number of anilines is 2. The number of hydrogen-bond donors (Lipinski definition) is 5. The molecule has 44 heavy (non-hydrogen) atoms. The zero-order chi connectivity index (χ0) is 31.2. The number of imidazole rings is 1. The summed E-state index contributed by atoms with van der Waals surface area (Å²) in [4.78, 5) is 46.9. The number of aliphatic hydroxyl groups excluding tert-OH is 2. The van der Waals surface area contributed by atoms with Crippen LogP contribution in [-0.4, -0.2) is 82.8 Å². The Morgan fingerprint density at radius 3 is 2.52 bits per heavy atom. The summed E-state index contributed by atoms with van der Waals surface area (Å²) in [6, 6.07) is 12.5. The third kappa shape index (κ3) is 7.11. The molecule has 5 rings (SSSR count). The number of aliphatic hydroxyl groups is 2. The lowest BCUT2D eigenvalue weighted by Gasteiger charge is -2.16. The van der Waals surface area contributed by atoms with Crippen molar-refractivity contribution >= 4 is 51.9 Å². The van der Waals surface area contributed by atoms with Crippen LogP contribution in [0.15, 0.2) is 61.2 Å². The smallest absolute Gasteiger partial charge is 0.269 e. The van der Waals surface area contributed by atoms with Crippen LogP contribution >= 0.6 is 11.8 Å². The third-order valence-corrected chi connectivity index (χ3v) is 7.94. The number of ether oxygens (including phenoxy) is 1. The van der Waals surface area contributed by atoms with Gasteiger partial charge in [-0.05, 0) is 29.8 Å². The fraction of sp³-hybridized carbons (Fsp3) is 0.321. The number of nitrogens with zero attached hydrogens (tertiary/aromatic N) is 5. The number of carbonyl (C=O) groups excluding carboxylic acids is 2. The van der Waals surface area contributed by atoms with E-state index in [-0.39, 0.29) is 17.5 Å². The fourth-order valence-electron chi connectivity index (χ4n) is 4.59. The van der Waals surface area contributed by atoms with Crippen molar-refractivity contribution < 1.29 is 29.5 Å². The summed E-state index contributed by atoms with van der Waals surface area (Å²) in [5.41, 5.74) is 2.53. The highest BCUT2D eigenvalue weighted by Gasteiger charge is 2.44. The van der Waals surface area contributed by atoms with Gasteiger partial charge in [-0.3, -0.25) is 24.3 Å². The van der Waals surface area contributed by atoms with Crippen molar-refractivity contribution in [2.45, 2.75) is 38.0 Å². The molecule has 0 radical (unpaired) electrons. The molecule has 0 saturated carbocycles. The van der Waals surface area contributed by atoms with Gasteiger partial charge in [-0.15, -0.1) is 0 Å². The first kappa shape index (κ1) is 30.8. The molecule has 1 fully saturated rings. The van der Waals surface area contributed by atoms with Crippen LogP contribution in [0.4, 0.5) is 17.2 Å². The monoisotopic (exact) mass is 622 g/mol. The van der Waals surface area contributed by atoms with Gasteiger partial charge in [0, 0.05) is 54.9 Å². The van der Waals surface area contributed by atoms with Crippen molar-refractivity contribution in [3.05, 3.63) is 82.4 Å². The number of hydrogen-bond acceptors (Lipinski definition) is 12. The fourth-order valence-corrected chi connectivity index (χ4v) is 5.51. The first-order valence-electron chi connectivity index (χ1n) is 13.6. The molecule has 4 atom stereocenters. The molecule has 0 unspecified atom stereocenters. The van der Waals surface area contributed by atoms with E-state index < -0.39 is 29.5 Å². The second-order valence-electron chi connectivity index (χ2n) is 9.96. The molecule has 16 heteroatoms. The van der Waals surface area contributed by atoms with Gasteiger partial charge in [0.2, 0.25) is 5.91 Å². The van der Waals surface area contributed by atoms with Crippen LogP contribution in [0.25, 0.3) is 11.2 Å². The van der Waals surface area contributed by atoms with E-state index in [1.807, 2.05) is 12.1 Å². The molecule has 5 N–H and O–H groups in total. The highest BCUT2D eigenvalue weighted by molar-refractivity contribution is 7.99. The summed E-state index contributed by atoms with van der Waals surface area (Å²) in [5.74, 6) is 1.04. The standard InChI is InChI=1S/C28H30N8O7S/c1-16(37)29-10-11-44-13-21-23(38)24(39)28(43-21)35-15-33-22-25(31-14-32-26(22)35)30-12-17-2-6-19(7-3-17)34-27(40)18-4-8-20(9-5-18)36(41)42/h2-9,14-15,21,23-24,28,38-39H,10-13H2,1H3,(H,29,37)(H,34,40)(H,30,31,32)/t21-,23-,24-,28-/m1/s1. The van der Waals surface area contributed by atoms with Gasteiger partial charge in [-0.2, -0.15) is 11.8 Å². The van der Waals surface area contributed by atoms with Crippen LogP contribution in [0.1, 0.15) is 29.1 Å². The number of benzene rings is 2. The van der Waals surface area contributed by atoms with Crippen molar-refractivity contribution in [1.82, 2.24) is 24.8 Å². The van der Waals surface area contributed by atoms with Gasteiger partial charge in [-0.25, -0.2) is 15.0 Å². The molecule has 0 aliphatic carbocycles. The van der Waals surface area contributed by atoms with Gasteiger partial charge in [0.1, 0.15) is 18.5 Å². The number of fused-ring (bicyclic) bond motifs is 1. The molecule has 1 aliphatic rings. The van der Waals surface area contributed by atoms with E-state index in [0.29, 0.717) is 52.8 Å². The molecule has 3 heterocycles. The Morgan fingerprint density at radius 2 is 1.82 bits per heavy atom. The Balaban J connectivity index is 1.18. The maximum absolute atomic E-state index is 12.5. The summed E-state index contributed by atoms with van der Waals surface area (Å²) in [6.07, 6.45) is -0.957. The minimum absolute atomic E-state index is 0.0926. The Kier molecular flexibility index (Phi) is 9.64. The predicted molar refractivity (Wildman–Crippen MR) is 162 cm³/mol. The van der Waals surface area contributed by atoms with Gasteiger partial charge >= 0.3 is 0 Å². The van der Waals surface area contributed by atoms with E-state index in [2.05, 4.69) is 30.9 Å². The minimum Gasteiger partial charge on any atom is -0.387 e. The van der Waals surface area contributed by atoms with E-state index in [0.717, 1.165) is 5.56 Å². The third-order valence-electron chi connectivity index (χ3n) is 6.88. The zero-order valence-corrected chi connectivity index (χ0v) is 24.3. The van der Waals surface area contributed by atoms with Crippen molar-refractivity contribution in [3.63, 3.8) is 0 Å². The average molecular weight is 623 g/mol. The Bertz CT molecular complexity index is 1630. The maximum atomic E-state index is 12.5. The predicted octanol–water partition coefficient (Wildman–Crippen LogP) is 2.09. The highest BCUT2D eigenvalue weighted by atomic mass is 32.2. The van der Waals surface area contributed by atoms with Crippen molar-refractivity contribution in [2.75, 3.05) is 28.7 Å². The van der Waals surface area contributed by atoms with E-state index >= 15 is 0 Å². The minimum atomic E-state index is -1.20. The van der Waals surface area contributed by atoms with Crippen LogP contribution in [0.2, 0.25) is 0 Å². The molecule has 2 aromatic carbocycles. The summed E-state index contributed by atoms with van der Waals surface area (Å²) < 4.78 is 7.56. The zero-order valence-electron chi connectivity index (χ0n) is 23.5. The van der Waals surface area contributed by atoms with Crippen LogP contribution < -0.4 is 16.0 Å². The Labute approximate surface area is 255 Å². The number of non-ortho nitro benzene ring substituents is 1. The lowest BCUT2D eigenvalue weighted by atomic mass is 10.1. The van der Waals surface area contributed by atoms with Crippen LogP contribution in [0.5, 0.6) is 0 Å². The lowest BCUT2D eigenvalue weighted by molar-refractivity contribution is -0.384. The van der Waals surface area contributed by atoms with Gasteiger partial charge in [-0.1, -0.05) is 12.1 Å². The van der Waals surface area contributed by atoms with E-state index in [1.165, 1.54) is 55.6 Å². The van der Waals surface area contributed by atoms with Gasteiger partial charge in [0.15, 0.2) is 23.2 Å². The summed E-state index contributed by atoms with van der Waals surface area (Å²) in [7, 11) is 0. The quantitative estimate of drug-likeness (QED) is 0.0875. The second-order valence-corrected chi connectivity index (χ2v) is 11.1. The molecule has 0 spiro atoms. The van der Waals surface area contributed by atoms with Crippen LogP contribution in [-0.2, 0) is 16.1 Å². The number of nitro benzene ring substituents is 1. The van der Waals surface area contributed by atoms with E-state index in [9.17, 15) is 29.9 Å². The summed E-state index contributed by atoms with van der Waals surface area (Å²) in [6.45, 7) is 2.33. The van der Waals surface area contributed by atoms with Crippen LogP contribution in [0, 0.1) is 10.1 Å². The number of rotatable bonds is 12. The summed E-state index contributed by atoms with van der Waals surface area (Å²) in [5, 5.41) is 40.8. The van der Waals surface area contributed by atoms with Crippen molar-refractivity contribution in [1.29, 1.82) is 0 Å². The molecular formula is C28H30N8O7S. The molecule has 2 aromatic heterocycles. The second kappa shape index (κ2) is 13.8. The Morgan fingerprint density at radius 1 is 1.07 bits per heavy atom. The molecule has 1 aliphatic heterocycles. The molecule has 230 valence electrons. The number of thioether (sulfide) groups is 1. The molecule has 1 saturated heterocycles. The first-order valence-corrected chi connectivity index (χ1v) is 14.8. The lowest BCUT2D eigenvalue weighted by Crippen LogP contribution is -2.33. The van der Waals surface area contributed by atoms with Gasteiger partial charge in [0.05, 0.1) is 17.4 Å². The number of nitro groups is 1. The first-order chi connectivity index (χ1) is 21.2. The normalized spacial score (nSPS) is 19.5. The number of carbonyl (C=O) groups is 2. The maximum Gasteiger partial charge on any atom is 0.269 e. The molecule has 15 nitrogen and oxygen atoms in total. The molecule has 2 amide bonds. The number of nitrogens with one attached hydrogen (secondary N) is 3. The molecule has 4 aromatic rings. The average Bonchev–Trinajstić information content (AvgIpc) is 3.57. The topological polar surface area (TPSA) is 207 Å². The number of amides is 2. The summed E-state index contributed by atoms with van der Waals surface area (Å²) >= 11 is 1.50. The van der Waals surface area contributed by atoms with Gasteiger partial charge in [0.25, 0.3) is 11.6 Å². The number of aromatic nitrogens is 4. The SMILES string of the molecule is CC(=O)NCCSC[C@H]1O[C@@H](n2cnc3c(NCc4ccc(NC(=O)c5ccc([N+](=O)[O-])cc5)cc4)ncnc32)[C@H](O)[C@@H]1O. The van der Waals surface area contributed by atoms with E-state index in [4.69, 9.17) is 4.74 Å². The van der Waals surface area contributed by atoms with Crippen molar-refractivity contribution in [2.24, 2.45) is 0 Å². The van der Waals surface area contributed by atoms with Crippen LogP contribution in [0.3, 0.4) is 0 Å². The molecular weight excluding hydrogens is 592 g/mol. The van der Waals surface area contributed by atoms with Crippen molar-refractivity contribution in [3.8, 4) is 0 Å².